The molecule has 2 aliphatic rings. The number of benzene rings is 1. The summed E-state index contributed by atoms with van der Waals surface area (Å²) in [6.45, 7) is 0. The van der Waals surface area contributed by atoms with Crippen LogP contribution in [0.2, 0.25) is 0 Å². The number of sulfonamides is 1. The molecule has 137 valence electrons. The van der Waals surface area contributed by atoms with Crippen LogP contribution in [0.15, 0.2) is 30.6 Å². The topological polar surface area (TPSA) is 88.2 Å². The van der Waals surface area contributed by atoms with Crippen molar-refractivity contribution in [3.05, 3.63) is 58.4 Å². The van der Waals surface area contributed by atoms with Gasteiger partial charge in [0.25, 0.3) is 0 Å². The molecule has 0 saturated heterocycles. The second kappa shape index (κ2) is 8.71. The van der Waals surface area contributed by atoms with Crippen molar-refractivity contribution in [2.24, 2.45) is 0 Å². The van der Waals surface area contributed by atoms with E-state index in [0.29, 0.717) is 5.56 Å². The SMILES string of the molecule is O=C(Nc1c2c(cc3c1CCC3)CCC2)NS(=O)(=O)Cc1cccnc1.[K]. The molecule has 4 rings (SSSR count). The van der Waals surface area contributed by atoms with Gasteiger partial charge in [0.1, 0.15) is 0 Å². The summed E-state index contributed by atoms with van der Waals surface area (Å²) in [4.78, 5) is 16.3. The summed E-state index contributed by atoms with van der Waals surface area (Å²) in [5.41, 5.74) is 6.30. The summed E-state index contributed by atoms with van der Waals surface area (Å²) in [5.74, 6) is -0.279. The van der Waals surface area contributed by atoms with E-state index in [1.54, 1.807) is 18.3 Å². The van der Waals surface area contributed by atoms with E-state index in [1.165, 1.54) is 28.5 Å². The van der Waals surface area contributed by atoms with Crippen LogP contribution < -0.4 is 10.0 Å². The van der Waals surface area contributed by atoms with Crippen molar-refractivity contribution in [1.29, 1.82) is 0 Å². The Morgan fingerprint density at radius 1 is 1.07 bits per heavy atom. The summed E-state index contributed by atoms with van der Waals surface area (Å²) in [6.07, 6.45) is 9.13. The molecule has 6 nitrogen and oxygen atoms in total. The van der Waals surface area contributed by atoms with Crippen molar-refractivity contribution >= 4 is 73.1 Å². The fourth-order valence-corrected chi connectivity index (χ4v) is 5.00. The smallest absolute Gasteiger partial charge is 0.307 e. The van der Waals surface area contributed by atoms with Gasteiger partial charge in [0.05, 0.1) is 5.75 Å². The minimum absolute atomic E-state index is 0. The third-order valence-electron chi connectivity index (χ3n) is 5.04. The van der Waals surface area contributed by atoms with Crippen molar-refractivity contribution in [2.45, 2.75) is 44.3 Å². The second-order valence-corrected chi connectivity index (χ2v) is 8.63. The van der Waals surface area contributed by atoms with Crippen LogP contribution in [0.1, 0.15) is 40.7 Å². The summed E-state index contributed by atoms with van der Waals surface area (Å²) in [7, 11) is -3.78. The Balaban J connectivity index is 0.00000210. The Morgan fingerprint density at radius 2 is 1.74 bits per heavy atom. The molecule has 1 heterocycles. The van der Waals surface area contributed by atoms with Gasteiger partial charge in [0.2, 0.25) is 10.0 Å². The number of hydrogen-bond acceptors (Lipinski definition) is 4. The molecule has 8 heteroatoms. The molecule has 0 spiro atoms. The van der Waals surface area contributed by atoms with Crippen LogP contribution in [0.3, 0.4) is 0 Å². The number of hydrogen-bond donors (Lipinski definition) is 2. The third kappa shape index (κ3) is 4.80. The number of rotatable bonds is 4. The molecule has 1 radical (unpaired) electrons. The van der Waals surface area contributed by atoms with Gasteiger partial charge in [-0.15, -0.1) is 0 Å². The van der Waals surface area contributed by atoms with Crippen molar-refractivity contribution < 1.29 is 13.2 Å². The minimum Gasteiger partial charge on any atom is -0.307 e. The molecule has 0 fully saturated rings. The molecular formula is C19H21KN3O3S. The zero-order valence-corrected chi connectivity index (χ0v) is 19.4. The maximum absolute atomic E-state index is 12.4. The molecule has 0 atom stereocenters. The predicted octanol–water partition coefficient (Wildman–Crippen LogP) is 2.33. The van der Waals surface area contributed by atoms with Crippen molar-refractivity contribution in [3.63, 3.8) is 0 Å². The molecule has 2 amide bonds. The number of pyridine rings is 1. The molecule has 2 N–H and O–H groups in total. The van der Waals surface area contributed by atoms with E-state index in [2.05, 4.69) is 21.1 Å². The largest absolute Gasteiger partial charge is 0.332 e. The molecule has 2 aromatic rings. The van der Waals surface area contributed by atoms with Gasteiger partial charge < -0.3 is 5.32 Å². The van der Waals surface area contributed by atoms with E-state index < -0.39 is 16.1 Å². The predicted molar refractivity (Wildman–Crippen MR) is 105 cm³/mol. The number of carbonyl (C=O) groups is 1. The first-order valence-electron chi connectivity index (χ1n) is 8.89. The maximum Gasteiger partial charge on any atom is 0.332 e. The van der Waals surface area contributed by atoms with Gasteiger partial charge in [-0.2, -0.15) is 0 Å². The van der Waals surface area contributed by atoms with Crippen molar-refractivity contribution in [1.82, 2.24) is 9.71 Å². The molecule has 27 heavy (non-hydrogen) atoms. The molecule has 1 aromatic heterocycles. The van der Waals surface area contributed by atoms with Crippen LogP contribution in [0.4, 0.5) is 10.5 Å². The first-order valence-corrected chi connectivity index (χ1v) is 10.5. The Labute approximate surface area is 202 Å². The molecule has 0 aliphatic heterocycles. The number of amides is 2. The quantitative estimate of drug-likeness (QED) is 0.757. The van der Waals surface area contributed by atoms with Crippen molar-refractivity contribution in [2.75, 3.05) is 5.32 Å². The summed E-state index contributed by atoms with van der Waals surface area (Å²) in [6, 6.07) is 4.92. The van der Waals surface area contributed by atoms with E-state index in [1.807, 2.05) is 0 Å². The fraction of sp³-hybridized carbons (Fsp3) is 0.368. The second-order valence-electron chi connectivity index (χ2n) is 6.91. The van der Waals surface area contributed by atoms with Gasteiger partial charge in [-0.1, -0.05) is 12.1 Å². The fourth-order valence-electron chi connectivity index (χ4n) is 3.99. The summed E-state index contributed by atoms with van der Waals surface area (Å²) < 4.78 is 26.7. The normalized spacial score (nSPS) is 14.8. The van der Waals surface area contributed by atoms with Gasteiger partial charge in [-0.05, 0) is 72.4 Å². The van der Waals surface area contributed by atoms with Crippen LogP contribution >= 0.6 is 0 Å². The first-order chi connectivity index (χ1) is 12.5. The number of aromatic nitrogens is 1. The molecule has 0 saturated carbocycles. The Kier molecular flexibility index (Phi) is 6.76. The van der Waals surface area contributed by atoms with Crippen LogP contribution in [0.25, 0.3) is 0 Å². The number of anilines is 1. The van der Waals surface area contributed by atoms with Crippen LogP contribution in [0.5, 0.6) is 0 Å². The summed E-state index contributed by atoms with van der Waals surface area (Å²) in [5, 5.41) is 2.84. The first kappa shape index (κ1) is 20.9. The standard InChI is InChI=1S/C19H21N3O3S.K/c23-19(22-26(24,25)12-13-4-3-9-20-11-13)21-18-16-7-1-5-14(16)10-15-6-2-8-17(15)18;/h3-4,9-11H,1-2,5-8,12H2,(H2,21,22,23);. The third-order valence-corrected chi connectivity index (χ3v) is 6.25. The van der Waals surface area contributed by atoms with Gasteiger partial charge in [0.15, 0.2) is 0 Å². The maximum atomic E-state index is 12.4. The van der Waals surface area contributed by atoms with Gasteiger partial charge in [-0.3, -0.25) is 4.98 Å². The minimum atomic E-state index is -3.78. The Bertz CT molecular complexity index is 930. The number of carbonyl (C=O) groups excluding carboxylic acids is 1. The van der Waals surface area contributed by atoms with E-state index in [-0.39, 0.29) is 57.1 Å². The number of nitrogens with one attached hydrogen (secondary N) is 2. The van der Waals surface area contributed by atoms with E-state index >= 15 is 0 Å². The zero-order chi connectivity index (χ0) is 18.1. The Morgan fingerprint density at radius 3 is 2.33 bits per heavy atom. The average Bonchev–Trinajstić information content (AvgIpc) is 3.23. The summed E-state index contributed by atoms with van der Waals surface area (Å²) >= 11 is 0. The van der Waals surface area contributed by atoms with Crippen molar-refractivity contribution in [3.8, 4) is 0 Å². The van der Waals surface area contributed by atoms with E-state index in [9.17, 15) is 13.2 Å². The van der Waals surface area contributed by atoms with Crippen LogP contribution in [-0.2, 0) is 41.5 Å². The number of nitrogens with zero attached hydrogens (tertiary/aromatic N) is 1. The molecule has 2 aliphatic carbocycles. The molecular weight excluding hydrogens is 389 g/mol. The van der Waals surface area contributed by atoms with E-state index in [0.717, 1.165) is 44.2 Å². The molecule has 1 aromatic carbocycles. The molecule has 0 unspecified atom stereocenters. The van der Waals surface area contributed by atoms with Gasteiger partial charge >= 0.3 is 6.03 Å². The number of fused-ring (bicyclic) bond motifs is 2. The monoisotopic (exact) mass is 410 g/mol. The Hall–Kier alpha value is -0.774. The van der Waals surface area contributed by atoms with Crippen LogP contribution in [-0.4, -0.2) is 70.8 Å². The van der Waals surface area contributed by atoms with Gasteiger partial charge in [-0.25, -0.2) is 17.9 Å². The molecule has 0 bridgehead atoms. The zero-order valence-electron chi connectivity index (χ0n) is 15.4. The number of aryl methyl sites for hydroxylation is 2. The van der Waals surface area contributed by atoms with Gasteiger partial charge in [0, 0.05) is 69.5 Å². The average molecular weight is 411 g/mol. The number of urea groups is 1. The van der Waals surface area contributed by atoms with Crippen LogP contribution in [0, 0.1) is 0 Å². The van der Waals surface area contributed by atoms with E-state index in [4.69, 9.17) is 0 Å².